The Labute approximate surface area is 109 Å². The lowest BCUT2D eigenvalue weighted by Crippen LogP contribution is -2.42. The average Bonchev–Trinajstić information content (AvgIpc) is 2.81. The number of benzene rings is 1. The number of halogens is 1. The van der Waals surface area contributed by atoms with Crippen LogP contribution in [0, 0.1) is 0 Å². The van der Waals surface area contributed by atoms with Crippen LogP contribution in [-0.2, 0) is 4.79 Å². The Morgan fingerprint density at radius 3 is 2.61 bits per heavy atom. The van der Waals surface area contributed by atoms with Gasteiger partial charge in [-0.1, -0.05) is 11.6 Å². The van der Waals surface area contributed by atoms with Crippen LogP contribution in [0.5, 0.6) is 0 Å². The van der Waals surface area contributed by atoms with Gasteiger partial charge in [-0.3, -0.25) is 9.69 Å². The van der Waals surface area contributed by atoms with Gasteiger partial charge in [0.15, 0.2) is 0 Å². The fraction of sp³-hybridized carbons (Fsp3) is 0.333. The third kappa shape index (κ3) is 2.73. The van der Waals surface area contributed by atoms with E-state index < -0.39 is 12.1 Å². The van der Waals surface area contributed by atoms with Crippen molar-refractivity contribution in [1.29, 1.82) is 0 Å². The number of hydrogen-bond acceptors (Lipinski definition) is 2. The summed E-state index contributed by atoms with van der Waals surface area (Å²) in [6, 6.07) is 6.10. The second kappa shape index (κ2) is 5.27. The Morgan fingerprint density at radius 1 is 1.33 bits per heavy atom. The van der Waals surface area contributed by atoms with Crippen molar-refractivity contribution < 1.29 is 14.7 Å². The number of nitrogens with zero attached hydrogens (tertiary/aromatic N) is 1. The number of anilines is 1. The van der Waals surface area contributed by atoms with E-state index in [1.54, 1.807) is 24.3 Å². The van der Waals surface area contributed by atoms with Crippen molar-refractivity contribution in [3.63, 3.8) is 0 Å². The molecule has 1 aliphatic rings. The van der Waals surface area contributed by atoms with E-state index in [9.17, 15) is 9.59 Å². The Bertz CT molecular complexity index is 461. The molecule has 0 aromatic heterocycles. The Kier molecular flexibility index (Phi) is 3.72. The maximum Gasteiger partial charge on any atom is 0.407 e. The highest BCUT2D eigenvalue weighted by Crippen LogP contribution is 2.20. The van der Waals surface area contributed by atoms with E-state index in [2.05, 4.69) is 5.32 Å². The smallest absolute Gasteiger partial charge is 0.407 e. The highest BCUT2D eigenvalue weighted by molar-refractivity contribution is 6.30. The molecule has 18 heavy (non-hydrogen) atoms. The van der Waals surface area contributed by atoms with E-state index in [1.807, 2.05) is 0 Å². The summed E-state index contributed by atoms with van der Waals surface area (Å²) in [7, 11) is 0. The fourth-order valence-electron chi connectivity index (χ4n) is 2.03. The number of amides is 2. The summed E-state index contributed by atoms with van der Waals surface area (Å²) in [6.45, 7) is 0.411. The normalized spacial score (nSPS) is 18.7. The molecule has 0 radical (unpaired) electrons. The van der Waals surface area contributed by atoms with Crippen LogP contribution < -0.4 is 5.32 Å². The minimum Gasteiger partial charge on any atom is -0.465 e. The first-order chi connectivity index (χ1) is 8.58. The molecule has 1 heterocycles. The van der Waals surface area contributed by atoms with Crippen LogP contribution >= 0.6 is 11.6 Å². The molecule has 2 rings (SSSR count). The standard InChI is InChI=1S/C12H13ClN2O3/c13-8-3-5-9(6-4-8)14-11(16)10-2-1-7-15(10)12(17)18/h3-6,10H,1-2,7H2,(H,14,16)(H,17,18)/t10-/m1/s1. The van der Waals surface area contributed by atoms with Crippen molar-refractivity contribution in [1.82, 2.24) is 4.90 Å². The van der Waals surface area contributed by atoms with Crippen LogP contribution in [0.25, 0.3) is 0 Å². The minimum absolute atomic E-state index is 0.294. The molecule has 1 aromatic rings. The molecule has 0 bridgehead atoms. The van der Waals surface area contributed by atoms with E-state index >= 15 is 0 Å². The largest absolute Gasteiger partial charge is 0.465 e. The molecule has 1 aromatic carbocycles. The Morgan fingerprint density at radius 2 is 2.00 bits per heavy atom. The number of nitrogens with one attached hydrogen (secondary N) is 1. The lowest BCUT2D eigenvalue weighted by molar-refractivity contribution is -0.119. The van der Waals surface area contributed by atoms with Gasteiger partial charge in [0.2, 0.25) is 5.91 Å². The average molecular weight is 269 g/mol. The number of carbonyl (C=O) groups excluding carboxylic acids is 1. The van der Waals surface area contributed by atoms with Crippen molar-refractivity contribution in [2.75, 3.05) is 11.9 Å². The Balaban J connectivity index is 2.03. The van der Waals surface area contributed by atoms with Gasteiger partial charge < -0.3 is 10.4 Å². The monoisotopic (exact) mass is 268 g/mol. The zero-order chi connectivity index (χ0) is 13.1. The van der Waals surface area contributed by atoms with Gasteiger partial charge in [0.25, 0.3) is 0 Å². The molecule has 1 aliphatic heterocycles. The molecular formula is C12H13ClN2O3. The summed E-state index contributed by atoms with van der Waals surface area (Å²) in [5.41, 5.74) is 0.613. The topological polar surface area (TPSA) is 69.6 Å². The lowest BCUT2D eigenvalue weighted by Gasteiger charge is -2.20. The molecule has 0 saturated carbocycles. The molecule has 6 heteroatoms. The molecule has 0 spiro atoms. The van der Waals surface area contributed by atoms with Crippen LogP contribution in [0.1, 0.15) is 12.8 Å². The van der Waals surface area contributed by atoms with Gasteiger partial charge in [0.05, 0.1) is 0 Å². The van der Waals surface area contributed by atoms with Crippen LogP contribution in [0.2, 0.25) is 5.02 Å². The quantitative estimate of drug-likeness (QED) is 0.865. The van der Waals surface area contributed by atoms with Crippen LogP contribution in [0.3, 0.4) is 0 Å². The highest BCUT2D eigenvalue weighted by atomic mass is 35.5. The van der Waals surface area contributed by atoms with Crippen molar-refractivity contribution in [2.24, 2.45) is 0 Å². The predicted molar refractivity (Wildman–Crippen MR) is 67.8 cm³/mol. The van der Waals surface area contributed by atoms with E-state index in [1.165, 1.54) is 4.90 Å². The van der Waals surface area contributed by atoms with E-state index in [-0.39, 0.29) is 5.91 Å². The second-order valence-corrected chi connectivity index (χ2v) is 4.57. The van der Waals surface area contributed by atoms with Crippen LogP contribution in [0.15, 0.2) is 24.3 Å². The summed E-state index contributed by atoms with van der Waals surface area (Å²) >= 11 is 5.74. The fourth-order valence-corrected chi connectivity index (χ4v) is 2.15. The molecular weight excluding hydrogens is 256 g/mol. The van der Waals surface area contributed by atoms with E-state index in [0.717, 1.165) is 0 Å². The van der Waals surface area contributed by atoms with Crippen LogP contribution in [-0.4, -0.2) is 34.6 Å². The van der Waals surface area contributed by atoms with Crippen LogP contribution in [0.4, 0.5) is 10.5 Å². The number of carbonyl (C=O) groups is 2. The molecule has 0 aliphatic carbocycles. The molecule has 96 valence electrons. The number of hydrogen-bond donors (Lipinski definition) is 2. The van der Waals surface area contributed by atoms with Gasteiger partial charge >= 0.3 is 6.09 Å². The second-order valence-electron chi connectivity index (χ2n) is 4.13. The van der Waals surface area contributed by atoms with Gasteiger partial charge in [-0.05, 0) is 37.1 Å². The summed E-state index contributed by atoms with van der Waals surface area (Å²) in [5, 5.41) is 12.2. The molecule has 1 fully saturated rings. The van der Waals surface area contributed by atoms with Crippen molar-refractivity contribution in [3.05, 3.63) is 29.3 Å². The maximum absolute atomic E-state index is 12.0. The number of likely N-dealkylation sites (tertiary alicyclic amines) is 1. The third-order valence-electron chi connectivity index (χ3n) is 2.91. The third-order valence-corrected chi connectivity index (χ3v) is 3.16. The number of rotatable bonds is 2. The molecule has 5 nitrogen and oxygen atoms in total. The van der Waals surface area contributed by atoms with Gasteiger partial charge in [-0.2, -0.15) is 0 Å². The summed E-state index contributed by atoms with van der Waals surface area (Å²) in [6.07, 6.45) is 0.222. The Hall–Kier alpha value is -1.75. The first kappa shape index (κ1) is 12.7. The zero-order valence-electron chi connectivity index (χ0n) is 9.60. The van der Waals surface area contributed by atoms with Crippen molar-refractivity contribution in [2.45, 2.75) is 18.9 Å². The van der Waals surface area contributed by atoms with Gasteiger partial charge in [-0.25, -0.2) is 4.79 Å². The van der Waals surface area contributed by atoms with E-state index in [4.69, 9.17) is 16.7 Å². The number of carboxylic acid groups (broad SMARTS) is 1. The predicted octanol–water partition coefficient (Wildman–Crippen LogP) is 2.42. The summed E-state index contributed by atoms with van der Waals surface area (Å²) < 4.78 is 0. The summed E-state index contributed by atoms with van der Waals surface area (Å²) in [4.78, 5) is 24.1. The first-order valence-electron chi connectivity index (χ1n) is 5.64. The molecule has 2 N–H and O–H groups in total. The first-order valence-corrected chi connectivity index (χ1v) is 6.02. The zero-order valence-corrected chi connectivity index (χ0v) is 10.4. The van der Waals surface area contributed by atoms with Gasteiger partial charge in [0.1, 0.15) is 6.04 Å². The van der Waals surface area contributed by atoms with Gasteiger partial charge in [0, 0.05) is 17.3 Å². The van der Waals surface area contributed by atoms with Crippen molar-refractivity contribution in [3.8, 4) is 0 Å². The lowest BCUT2D eigenvalue weighted by atomic mass is 10.2. The highest BCUT2D eigenvalue weighted by Gasteiger charge is 2.33. The minimum atomic E-state index is -1.05. The maximum atomic E-state index is 12.0. The summed E-state index contributed by atoms with van der Waals surface area (Å²) in [5.74, 6) is -0.294. The molecule has 0 unspecified atom stereocenters. The van der Waals surface area contributed by atoms with E-state index in [0.29, 0.717) is 30.1 Å². The molecule has 1 atom stereocenters. The SMILES string of the molecule is O=C(Nc1ccc(Cl)cc1)[C@H]1CCCN1C(=O)O. The van der Waals surface area contributed by atoms with Crippen molar-refractivity contribution >= 4 is 29.3 Å². The molecule has 1 saturated heterocycles. The molecule has 2 amide bonds. The van der Waals surface area contributed by atoms with Gasteiger partial charge in [-0.15, -0.1) is 0 Å².